The van der Waals surface area contributed by atoms with Crippen LogP contribution >= 0.6 is 0 Å². The van der Waals surface area contributed by atoms with Gasteiger partial charge in [-0.1, -0.05) is 0 Å². The fourth-order valence-corrected chi connectivity index (χ4v) is 0.330. The molecule has 0 rings (SSSR count). The Balaban J connectivity index is 0. The summed E-state index contributed by atoms with van der Waals surface area (Å²) >= 11 is 0. The molecule has 10 heavy (non-hydrogen) atoms. The van der Waals surface area contributed by atoms with Gasteiger partial charge >= 0.3 is 24.8 Å². The summed E-state index contributed by atoms with van der Waals surface area (Å²) in [6, 6.07) is 0. The molecular weight excluding hydrogens is 131 g/mol. The van der Waals surface area contributed by atoms with Crippen molar-refractivity contribution >= 4 is 11.9 Å². The molecule has 0 fully saturated rings. The van der Waals surface area contributed by atoms with Crippen LogP contribution in [0.1, 0.15) is 13.3 Å². The van der Waals surface area contributed by atoms with Crippen molar-refractivity contribution in [2.75, 3.05) is 6.61 Å². The van der Waals surface area contributed by atoms with Gasteiger partial charge in [0, 0.05) is 0 Å². The van der Waals surface area contributed by atoms with Crippen molar-refractivity contribution in [2.45, 2.75) is 13.3 Å². The van der Waals surface area contributed by atoms with Crippen molar-refractivity contribution < 1.29 is 38.3 Å². The Hall–Kier alpha value is -0.463. The van der Waals surface area contributed by atoms with Crippen LogP contribution in [0.2, 0.25) is 0 Å². The summed E-state index contributed by atoms with van der Waals surface area (Å²) in [5, 5.41) is 9.67. The third kappa shape index (κ3) is 7.54. The predicted molar refractivity (Wildman–Crippen MR) is 26.3 cm³/mol. The van der Waals surface area contributed by atoms with E-state index in [9.17, 15) is 14.7 Å². The molecule has 5 heteroatoms. The van der Waals surface area contributed by atoms with E-state index < -0.39 is 18.4 Å². The summed E-state index contributed by atoms with van der Waals surface area (Å²) in [4.78, 5) is 19.9. The summed E-state index contributed by atoms with van der Waals surface area (Å²) < 4.78 is 4.29. The molecule has 0 aliphatic rings. The van der Waals surface area contributed by atoms with Crippen LogP contribution in [0.5, 0.6) is 0 Å². The minimum Gasteiger partial charge on any atom is -0.550 e. The number of carbonyl (C=O) groups excluding carboxylic acids is 2. The molecule has 0 aliphatic carbocycles. The molecular formula is C5H7LiO4. The van der Waals surface area contributed by atoms with Gasteiger partial charge in [-0.05, 0) is 6.92 Å². The number of rotatable bonds is 3. The number of carboxylic acid groups (broad SMARTS) is 1. The van der Waals surface area contributed by atoms with Crippen LogP contribution in [0.15, 0.2) is 0 Å². The molecule has 0 heterocycles. The monoisotopic (exact) mass is 138 g/mol. The van der Waals surface area contributed by atoms with Gasteiger partial charge < -0.3 is 14.6 Å². The molecule has 0 aromatic heterocycles. The molecule has 0 saturated heterocycles. The van der Waals surface area contributed by atoms with Crippen molar-refractivity contribution in [1.29, 1.82) is 0 Å². The smallest absolute Gasteiger partial charge is 0.550 e. The number of esters is 1. The number of carbonyl (C=O) groups is 2. The molecule has 52 valence electrons. The average Bonchev–Trinajstić information content (AvgIpc) is 1.63. The van der Waals surface area contributed by atoms with E-state index in [1.807, 2.05) is 0 Å². The van der Waals surface area contributed by atoms with Crippen LogP contribution in [0.3, 0.4) is 0 Å². The van der Waals surface area contributed by atoms with E-state index in [-0.39, 0.29) is 25.5 Å². The molecule has 0 amide bonds. The molecule has 0 spiro atoms. The third-order valence-corrected chi connectivity index (χ3v) is 0.594. The Labute approximate surface area is 70.7 Å². The minimum absolute atomic E-state index is 0. The second-order valence-corrected chi connectivity index (χ2v) is 1.35. The number of hydrogen-bond donors (Lipinski definition) is 0. The van der Waals surface area contributed by atoms with Crippen molar-refractivity contribution in [3.05, 3.63) is 0 Å². The maximum atomic E-state index is 10.2. The summed E-state index contributed by atoms with van der Waals surface area (Å²) in [5.74, 6) is -2.16. The van der Waals surface area contributed by atoms with Crippen LogP contribution in [-0.4, -0.2) is 18.5 Å². The van der Waals surface area contributed by atoms with Crippen LogP contribution in [0.4, 0.5) is 0 Å². The number of aliphatic carboxylic acids is 1. The largest absolute Gasteiger partial charge is 1.00 e. The number of hydrogen-bond acceptors (Lipinski definition) is 4. The predicted octanol–water partition coefficient (Wildman–Crippen LogP) is -4.31. The van der Waals surface area contributed by atoms with E-state index in [4.69, 9.17) is 0 Å². The third-order valence-electron chi connectivity index (χ3n) is 0.594. The van der Waals surface area contributed by atoms with Crippen molar-refractivity contribution in [3.8, 4) is 0 Å². The molecule has 0 bridgehead atoms. The van der Waals surface area contributed by atoms with Gasteiger partial charge in [-0.25, -0.2) is 0 Å². The molecule has 4 nitrogen and oxygen atoms in total. The number of carboxylic acids is 1. The molecule has 0 radical (unpaired) electrons. The fraction of sp³-hybridized carbons (Fsp3) is 0.600. The van der Waals surface area contributed by atoms with Crippen molar-refractivity contribution in [1.82, 2.24) is 0 Å². The van der Waals surface area contributed by atoms with E-state index in [0.29, 0.717) is 0 Å². The first-order valence-electron chi connectivity index (χ1n) is 2.52. The molecule has 0 atom stereocenters. The second kappa shape index (κ2) is 6.65. The standard InChI is InChI=1S/C5H8O4.Li/c1-2-9-5(8)3-4(6)7;/h2-3H2,1H3,(H,6,7);/q;+1/p-1. The normalized spacial score (nSPS) is 7.70. The Morgan fingerprint density at radius 3 is 2.30 bits per heavy atom. The summed E-state index contributed by atoms with van der Waals surface area (Å²) in [5.41, 5.74) is 0. The fourth-order valence-electron chi connectivity index (χ4n) is 0.330. The average molecular weight is 138 g/mol. The van der Waals surface area contributed by atoms with Crippen LogP contribution in [-0.2, 0) is 14.3 Å². The molecule has 0 aliphatic heterocycles. The molecule has 0 unspecified atom stereocenters. The van der Waals surface area contributed by atoms with Crippen LogP contribution in [0.25, 0.3) is 0 Å². The molecule has 0 saturated carbocycles. The van der Waals surface area contributed by atoms with Gasteiger partial charge in [0.05, 0.1) is 19.0 Å². The second-order valence-electron chi connectivity index (χ2n) is 1.35. The Bertz CT molecular complexity index is 123. The maximum Gasteiger partial charge on any atom is 1.00 e. The van der Waals surface area contributed by atoms with E-state index in [1.54, 1.807) is 6.92 Å². The van der Waals surface area contributed by atoms with Gasteiger partial charge in [0.2, 0.25) is 0 Å². The van der Waals surface area contributed by atoms with Gasteiger partial charge in [0.1, 0.15) is 0 Å². The Morgan fingerprint density at radius 1 is 1.50 bits per heavy atom. The van der Waals surface area contributed by atoms with Crippen molar-refractivity contribution in [2.24, 2.45) is 0 Å². The zero-order valence-electron chi connectivity index (χ0n) is 6.05. The first-order valence-corrected chi connectivity index (χ1v) is 2.52. The van der Waals surface area contributed by atoms with E-state index in [1.165, 1.54) is 0 Å². The maximum absolute atomic E-state index is 10.2. The zero-order chi connectivity index (χ0) is 7.28. The summed E-state index contributed by atoms with van der Waals surface area (Å²) in [7, 11) is 0. The van der Waals surface area contributed by atoms with Crippen LogP contribution < -0.4 is 24.0 Å². The number of ether oxygens (including phenoxy) is 1. The molecule has 0 N–H and O–H groups in total. The topological polar surface area (TPSA) is 66.4 Å². The first-order chi connectivity index (χ1) is 4.16. The van der Waals surface area contributed by atoms with E-state index in [2.05, 4.69) is 4.74 Å². The zero-order valence-corrected chi connectivity index (χ0v) is 6.05. The summed E-state index contributed by atoms with van der Waals surface area (Å²) in [6.45, 7) is 1.80. The quantitative estimate of drug-likeness (QED) is 0.225. The van der Waals surface area contributed by atoms with Gasteiger partial charge in [-0.3, -0.25) is 4.79 Å². The minimum atomic E-state index is -1.41. The van der Waals surface area contributed by atoms with Gasteiger partial charge in [0.25, 0.3) is 0 Å². The Morgan fingerprint density at radius 2 is 2.00 bits per heavy atom. The van der Waals surface area contributed by atoms with Gasteiger partial charge in [0.15, 0.2) is 0 Å². The molecule has 0 aromatic carbocycles. The SMILES string of the molecule is CCOC(=O)CC(=O)[O-].[Li+]. The molecule has 0 aromatic rings. The van der Waals surface area contributed by atoms with E-state index >= 15 is 0 Å². The Kier molecular flexibility index (Phi) is 8.14. The summed E-state index contributed by atoms with van der Waals surface area (Å²) in [6.07, 6.45) is -0.659. The van der Waals surface area contributed by atoms with Crippen molar-refractivity contribution in [3.63, 3.8) is 0 Å². The van der Waals surface area contributed by atoms with Gasteiger partial charge in [-0.2, -0.15) is 0 Å². The first kappa shape index (κ1) is 12.2. The van der Waals surface area contributed by atoms with E-state index in [0.717, 1.165) is 0 Å². The van der Waals surface area contributed by atoms with Crippen LogP contribution in [0, 0.1) is 0 Å². The van der Waals surface area contributed by atoms with Gasteiger partial charge in [-0.15, -0.1) is 0 Å².